The summed E-state index contributed by atoms with van der Waals surface area (Å²) in [7, 11) is 0. The van der Waals surface area contributed by atoms with Gasteiger partial charge in [-0.1, -0.05) is 13.8 Å². The zero-order valence-electron chi connectivity index (χ0n) is 7.51. The van der Waals surface area contributed by atoms with E-state index in [1.807, 2.05) is 13.8 Å². The van der Waals surface area contributed by atoms with Gasteiger partial charge < -0.3 is 16.6 Å². The lowest BCUT2D eigenvalue weighted by Gasteiger charge is -2.32. The summed E-state index contributed by atoms with van der Waals surface area (Å²) in [5.41, 5.74) is 11.1. The maximum atomic E-state index is 9.06. The molecule has 0 rings (SSSR count). The molecule has 2 unspecified atom stereocenters. The van der Waals surface area contributed by atoms with Gasteiger partial charge in [0.25, 0.3) is 0 Å². The molecule has 0 saturated carbocycles. The monoisotopic (exact) mass is 160 g/mol. The Balaban J connectivity index is 4.00. The molecule has 0 heterocycles. The summed E-state index contributed by atoms with van der Waals surface area (Å²) >= 11 is 0. The SMILES string of the molecule is CCC(C)(CO)C(N)CCN. The Hall–Kier alpha value is -0.120. The number of rotatable bonds is 5. The predicted octanol–water partition coefficient (Wildman–Crippen LogP) is 0.0711. The second kappa shape index (κ2) is 4.70. The van der Waals surface area contributed by atoms with E-state index in [0.717, 1.165) is 12.8 Å². The molecule has 0 aromatic heterocycles. The van der Waals surface area contributed by atoms with Gasteiger partial charge in [-0.05, 0) is 19.4 Å². The first-order valence-corrected chi connectivity index (χ1v) is 4.17. The summed E-state index contributed by atoms with van der Waals surface area (Å²) in [6.07, 6.45) is 1.68. The Morgan fingerprint density at radius 2 is 2.09 bits per heavy atom. The van der Waals surface area contributed by atoms with Crippen LogP contribution in [0.3, 0.4) is 0 Å². The van der Waals surface area contributed by atoms with Crippen LogP contribution < -0.4 is 11.5 Å². The summed E-state index contributed by atoms with van der Waals surface area (Å²) in [5, 5.41) is 9.06. The predicted molar refractivity (Wildman–Crippen MR) is 47.1 cm³/mol. The average molecular weight is 160 g/mol. The van der Waals surface area contributed by atoms with Crippen LogP contribution in [0.4, 0.5) is 0 Å². The fourth-order valence-electron chi connectivity index (χ4n) is 1.02. The third-order valence-corrected chi connectivity index (χ3v) is 2.54. The molecule has 0 spiro atoms. The van der Waals surface area contributed by atoms with Crippen molar-refractivity contribution in [2.45, 2.75) is 32.7 Å². The van der Waals surface area contributed by atoms with Gasteiger partial charge in [-0.15, -0.1) is 0 Å². The van der Waals surface area contributed by atoms with Gasteiger partial charge in [0.15, 0.2) is 0 Å². The Bertz CT molecular complexity index is 102. The van der Waals surface area contributed by atoms with Crippen molar-refractivity contribution in [3.63, 3.8) is 0 Å². The van der Waals surface area contributed by atoms with Crippen LogP contribution in [-0.4, -0.2) is 24.3 Å². The molecule has 0 bridgehead atoms. The second-order valence-electron chi connectivity index (χ2n) is 3.35. The highest BCUT2D eigenvalue weighted by Gasteiger charge is 2.28. The van der Waals surface area contributed by atoms with E-state index in [0.29, 0.717) is 6.54 Å². The van der Waals surface area contributed by atoms with Crippen molar-refractivity contribution in [1.29, 1.82) is 0 Å². The number of aliphatic hydroxyl groups excluding tert-OH is 1. The van der Waals surface area contributed by atoms with E-state index in [2.05, 4.69) is 0 Å². The van der Waals surface area contributed by atoms with E-state index >= 15 is 0 Å². The van der Waals surface area contributed by atoms with Gasteiger partial charge in [0.1, 0.15) is 0 Å². The van der Waals surface area contributed by atoms with Crippen LogP contribution in [0.5, 0.6) is 0 Å². The number of aliphatic hydroxyl groups is 1. The van der Waals surface area contributed by atoms with Crippen molar-refractivity contribution in [3.05, 3.63) is 0 Å². The van der Waals surface area contributed by atoms with E-state index in [1.54, 1.807) is 0 Å². The molecule has 3 heteroatoms. The topological polar surface area (TPSA) is 72.3 Å². The molecule has 0 aliphatic heterocycles. The van der Waals surface area contributed by atoms with Crippen molar-refractivity contribution in [1.82, 2.24) is 0 Å². The van der Waals surface area contributed by atoms with Crippen LogP contribution in [0, 0.1) is 5.41 Å². The van der Waals surface area contributed by atoms with Gasteiger partial charge in [0.2, 0.25) is 0 Å². The fourth-order valence-corrected chi connectivity index (χ4v) is 1.02. The minimum atomic E-state index is -0.153. The molecule has 0 fully saturated rings. The maximum absolute atomic E-state index is 9.06. The van der Waals surface area contributed by atoms with Gasteiger partial charge in [-0.25, -0.2) is 0 Å². The Morgan fingerprint density at radius 3 is 2.36 bits per heavy atom. The van der Waals surface area contributed by atoms with Crippen LogP contribution in [0.25, 0.3) is 0 Å². The molecule has 0 saturated heterocycles. The van der Waals surface area contributed by atoms with Crippen molar-refractivity contribution in [2.24, 2.45) is 16.9 Å². The van der Waals surface area contributed by atoms with Crippen LogP contribution >= 0.6 is 0 Å². The van der Waals surface area contributed by atoms with Gasteiger partial charge in [0, 0.05) is 18.1 Å². The molecule has 2 atom stereocenters. The van der Waals surface area contributed by atoms with Gasteiger partial charge in [-0.2, -0.15) is 0 Å². The minimum absolute atomic E-state index is 0.0162. The quantitative estimate of drug-likeness (QED) is 0.533. The summed E-state index contributed by atoms with van der Waals surface area (Å²) < 4.78 is 0. The first-order chi connectivity index (χ1) is 5.10. The third-order valence-electron chi connectivity index (χ3n) is 2.54. The summed E-state index contributed by atoms with van der Waals surface area (Å²) in [6, 6.07) is 0.0162. The Morgan fingerprint density at radius 1 is 1.55 bits per heavy atom. The van der Waals surface area contributed by atoms with Crippen LogP contribution in [0.15, 0.2) is 0 Å². The van der Waals surface area contributed by atoms with Crippen LogP contribution in [0.1, 0.15) is 26.7 Å². The molecule has 0 aliphatic carbocycles. The van der Waals surface area contributed by atoms with Crippen molar-refractivity contribution in [2.75, 3.05) is 13.2 Å². The maximum Gasteiger partial charge on any atom is 0.0499 e. The number of hydrogen-bond donors (Lipinski definition) is 3. The standard InChI is InChI=1S/C8H20N2O/c1-3-8(2,6-11)7(10)4-5-9/h7,11H,3-6,9-10H2,1-2H3. The highest BCUT2D eigenvalue weighted by atomic mass is 16.3. The van der Waals surface area contributed by atoms with Crippen LogP contribution in [0.2, 0.25) is 0 Å². The molecule has 0 aromatic carbocycles. The molecule has 0 aromatic rings. The molecular formula is C8H20N2O. The molecule has 0 amide bonds. The van der Waals surface area contributed by atoms with Gasteiger partial charge in [-0.3, -0.25) is 0 Å². The molecule has 11 heavy (non-hydrogen) atoms. The Labute approximate surface area is 68.8 Å². The highest BCUT2D eigenvalue weighted by molar-refractivity contribution is 4.83. The normalized spacial score (nSPS) is 19.4. The molecule has 3 nitrogen and oxygen atoms in total. The fraction of sp³-hybridized carbons (Fsp3) is 1.00. The third kappa shape index (κ3) is 2.77. The van der Waals surface area contributed by atoms with E-state index < -0.39 is 0 Å². The largest absolute Gasteiger partial charge is 0.396 e. The zero-order chi connectivity index (χ0) is 8.91. The zero-order valence-corrected chi connectivity index (χ0v) is 7.51. The van der Waals surface area contributed by atoms with E-state index in [1.165, 1.54) is 0 Å². The lowest BCUT2D eigenvalue weighted by atomic mass is 9.79. The average Bonchev–Trinajstić information content (AvgIpc) is 2.03. The molecule has 5 N–H and O–H groups in total. The second-order valence-corrected chi connectivity index (χ2v) is 3.35. The van der Waals surface area contributed by atoms with Crippen LogP contribution in [-0.2, 0) is 0 Å². The Kier molecular flexibility index (Phi) is 4.65. The molecule has 68 valence electrons. The summed E-state index contributed by atoms with van der Waals surface area (Å²) in [6.45, 7) is 4.77. The number of nitrogens with two attached hydrogens (primary N) is 2. The molecule has 0 radical (unpaired) electrons. The highest BCUT2D eigenvalue weighted by Crippen LogP contribution is 2.24. The summed E-state index contributed by atoms with van der Waals surface area (Å²) in [5.74, 6) is 0. The van der Waals surface area contributed by atoms with Crippen molar-refractivity contribution < 1.29 is 5.11 Å². The lowest BCUT2D eigenvalue weighted by Crippen LogP contribution is -2.43. The molecular weight excluding hydrogens is 140 g/mol. The van der Waals surface area contributed by atoms with Gasteiger partial charge in [0.05, 0.1) is 0 Å². The van der Waals surface area contributed by atoms with Gasteiger partial charge >= 0.3 is 0 Å². The lowest BCUT2D eigenvalue weighted by molar-refractivity contribution is 0.107. The first-order valence-electron chi connectivity index (χ1n) is 4.17. The van der Waals surface area contributed by atoms with E-state index in [4.69, 9.17) is 16.6 Å². The smallest absolute Gasteiger partial charge is 0.0499 e. The van der Waals surface area contributed by atoms with E-state index in [-0.39, 0.29) is 18.1 Å². The minimum Gasteiger partial charge on any atom is -0.396 e. The number of hydrogen-bond acceptors (Lipinski definition) is 3. The molecule has 0 aliphatic rings. The van der Waals surface area contributed by atoms with E-state index in [9.17, 15) is 0 Å². The van der Waals surface area contributed by atoms with Crippen molar-refractivity contribution >= 4 is 0 Å². The van der Waals surface area contributed by atoms with Crippen molar-refractivity contribution in [3.8, 4) is 0 Å². The summed E-state index contributed by atoms with van der Waals surface area (Å²) in [4.78, 5) is 0. The first kappa shape index (κ1) is 10.9.